The van der Waals surface area contributed by atoms with Gasteiger partial charge in [0, 0.05) is 68.7 Å². The zero-order chi connectivity index (χ0) is 27.0. The van der Waals surface area contributed by atoms with E-state index < -0.39 is 11.6 Å². The van der Waals surface area contributed by atoms with Crippen molar-refractivity contribution in [1.29, 1.82) is 0 Å². The molecule has 1 amide bonds. The number of nitrogens with one attached hydrogen (secondary N) is 1. The van der Waals surface area contributed by atoms with Gasteiger partial charge in [-0.3, -0.25) is 4.79 Å². The molecule has 198 valence electrons. The number of amides is 1. The summed E-state index contributed by atoms with van der Waals surface area (Å²) in [4.78, 5) is 26.8. The number of benzene rings is 3. The van der Waals surface area contributed by atoms with Crippen LogP contribution >= 0.6 is 0 Å². The topological polar surface area (TPSA) is 55.5 Å². The number of hydrogen-bond acceptors (Lipinski definition) is 4. The van der Waals surface area contributed by atoms with Gasteiger partial charge in [0.2, 0.25) is 0 Å². The first-order valence-electron chi connectivity index (χ1n) is 12.7. The third-order valence-electron chi connectivity index (χ3n) is 7.16. The Morgan fingerprint density at radius 1 is 1.00 bits per heavy atom. The predicted octanol–water partition coefficient (Wildman–Crippen LogP) is 5.49. The lowest BCUT2D eigenvalue weighted by Gasteiger charge is -2.36. The number of likely N-dealkylation sites (N-methyl/N-ethyl adjacent to an activating group) is 1. The van der Waals surface area contributed by atoms with Crippen molar-refractivity contribution in [3.63, 3.8) is 0 Å². The van der Waals surface area contributed by atoms with E-state index in [0.29, 0.717) is 49.6 Å². The SMILES string of the molecule is Cc1ccc(C(=O)N2CCN(c3ccc(F)cc3)CC2)cc1N(C)CC(C)c1nc2c(F)cc(F)cc2[nH]1. The van der Waals surface area contributed by atoms with E-state index in [-0.39, 0.29) is 23.2 Å². The number of aryl methyl sites for hydroxylation is 1. The molecule has 4 aromatic rings. The molecule has 1 N–H and O–H groups in total. The third-order valence-corrected chi connectivity index (χ3v) is 7.16. The molecule has 1 saturated heterocycles. The second-order valence-corrected chi connectivity index (χ2v) is 9.94. The van der Waals surface area contributed by atoms with Crippen molar-refractivity contribution in [2.45, 2.75) is 19.8 Å². The van der Waals surface area contributed by atoms with Crippen molar-refractivity contribution in [2.75, 3.05) is 49.6 Å². The Morgan fingerprint density at radius 3 is 2.42 bits per heavy atom. The van der Waals surface area contributed by atoms with Crippen molar-refractivity contribution < 1.29 is 18.0 Å². The highest BCUT2D eigenvalue weighted by atomic mass is 19.1. The number of fused-ring (bicyclic) bond motifs is 1. The number of H-pyrrole nitrogens is 1. The molecule has 0 spiro atoms. The summed E-state index contributed by atoms with van der Waals surface area (Å²) < 4.78 is 41.0. The first kappa shape index (κ1) is 25.6. The lowest BCUT2D eigenvalue weighted by Crippen LogP contribution is -2.48. The second kappa shape index (κ2) is 10.4. The Bertz CT molecular complexity index is 1460. The quantitative estimate of drug-likeness (QED) is 0.365. The van der Waals surface area contributed by atoms with E-state index in [1.165, 1.54) is 18.2 Å². The molecule has 1 unspecified atom stereocenters. The fraction of sp³-hybridized carbons (Fsp3) is 0.310. The van der Waals surface area contributed by atoms with E-state index in [0.717, 1.165) is 23.0 Å². The largest absolute Gasteiger partial charge is 0.374 e. The highest BCUT2D eigenvalue weighted by Gasteiger charge is 2.24. The van der Waals surface area contributed by atoms with E-state index in [9.17, 15) is 18.0 Å². The van der Waals surface area contributed by atoms with Crippen LogP contribution in [0.2, 0.25) is 0 Å². The summed E-state index contributed by atoms with van der Waals surface area (Å²) in [6.45, 7) is 7.02. The van der Waals surface area contributed by atoms with Crippen LogP contribution in [0.1, 0.15) is 34.6 Å². The summed E-state index contributed by atoms with van der Waals surface area (Å²) in [5.74, 6) is -1.17. The second-order valence-electron chi connectivity index (χ2n) is 9.94. The normalized spacial score (nSPS) is 14.7. The average molecular weight is 522 g/mol. The van der Waals surface area contributed by atoms with Crippen LogP contribution in [0.3, 0.4) is 0 Å². The van der Waals surface area contributed by atoms with Gasteiger partial charge in [0.1, 0.15) is 23.0 Å². The molecule has 2 heterocycles. The van der Waals surface area contributed by atoms with Crippen molar-refractivity contribution in [3.8, 4) is 0 Å². The van der Waals surface area contributed by atoms with Crippen LogP contribution in [-0.4, -0.2) is 60.5 Å². The van der Waals surface area contributed by atoms with Crippen molar-refractivity contribution >= 4 is 28.3 Å². The van der Waals surface area contributed by atoms with E-state index in [2.05, 4.69) is 14.9 Å². The van der Waals surface area contributed by atoms with Gasteiger partial charge in [-0.2, -0.15) is 0 Å². The summed E-state index contributed by atoms with van der Waals surface area (Å²) >= 11 is 0. The molecular formula is C29H30F3N5O. The summed E-state index contributed by atoms with van der Waals surface area (Å²) in [6, 6.07) is 14.2. The van der Waals surface area contributed by atoms with Crippen LogP contribution in [0.15, 0.2) is 54.6 Å². The summed E-state index contributed by atoms with van der Waals surface area (Å²) in [5.41, 5.74) is 3.96. The molecule has 3 aromatic carbocycles. The highest BCUT2D eigenvalue weighted by Crippen LogP contribution is 2.27. The standard InChI is InChI=1S/C29H30F3N5O/c1-18-4-5-20(29(38)37-12-10-36(11-13-37)23-8-6-21(30)7-9-23)14-26(18)35(3)17-19(2)28-33-25-16-22(31)15-24(32)27(25)34-28/h4-9,14-16,19H,10-13,17H2,1-3H3,(H,33,34). The highest BCUT2D eigenvalue weighted by molar-refractivity contribution is 5.95. The van der Waals surface area contributed by atoms with E-state index in [1.54, 1.807) is 12.1 Å². The maximum Gasteiger partial charge on any atom is 0.254 e. The Balaban J connectivity index is 1.26. The van der Waals surface area contributed by atoms with Gasteiger partial charge in [0.15, 0.2) is 5.82 Å². The number of imidazole rings is 1. The van der Waals surface area contributed by atoms with Crippen LogP contribution in [0, 0.1) is 24.4 Å². The minimum Gasteiger partial charge on any atom is -0.374 e. The van der Waals surface area contributed by atoms with Crippen molar-refractivity contribution in [1.82, 2.24) is 14.9 Å². The number of aromatic amines is 1. The van der Waals surface area contributed by atoms with Gasteiger partial charge in [0.05, 0.1) is 5.52 Å². The zero-order valence-corrected chi connectivity index (χ0v) is 21.6. The lowest BCUT2D eigenvalue weighted by molar-refractivity contribution is 0.0747. The number of aromatic nitrogens is 2. The van der Waals surface area contributed by atoms with Crippen LogP contribution in [0.4, 0.5) is 24.5 Å². The van der Waals surface area contributed by atoms with E-state index in [4.69, 9.17) is 0 Å². The maximum atomic E-state index is 14.1. The fourth-order valence-corrected chi connectivity index (χ4v) is 5.05. The molecule has 1 fully saturated rings. The molecule has 0 aliphatic carbocycles. The molecule has 38 heavy (non-hydrogen) atoms. The smallest absolute Gasteiger partial charge is 0.254 e. The molecule has 1 aromatic heterocycles. The van der Waals surface area contributed by atoms with Gasteiger partial charge in [-0.15, -0.1) is 0 Å². The van der Waals surface area contributed by atoms with E-state index >= 15 is 0 Å². The van der Waals surface area contributed by atoms with Gasteiger partial charge in [-0.25, -0.2) is 18.2 Å². The van der Waals surface area contributed by atoms with Crippen LogP contribution in [0.5, 0.6) is 0 Å². The molecule has 0 bridgehead atoms. The number of rotatable bonds is 6. The monoisotopic (exact) mass is 521 g/mol. The number of hydrogen-bond donors (Lipinski definition) is 1. The van der Waals surface area contributed by atoms with Gasteiger partial charge >= 0.3 is 0 Å². The maximum absolute atomic E-state index is 14.1. The predicted molar refractivity (Wildman–Crippen MR) is 143 cm³/mol. The average Bonchev–Trinajstić information content (AvgIpc) is 3.34. The molecule has 0 saturated carbocycles. The molecular weight excluding hydrogens is 491 g/mol. The minimum absolute atomic E-state index is 0.0266. The number of halogens is 3. The number of carbonyl (C=O) groups is 1. The number of piperazine rings is 1. The van der Waals surface area contributed by atoms with Crippen molar-refractivity contribution in [3.05, 3.63) is 89.0 Å². The lowest BCUT2D eigenvalue weighted by atomic mass is 10.1. The Labute approximate surface area is 219 Å². The molecule has 1 atom stereocenters. The van der Waals surface area contributed by atoms with Crippen LogP contribution in [-0.2, 0) is 0 Å². The summed E-state index contributed by atoms with van der Waals surface area (Å²) in [7, 11) is 1.94. The van der Waals surface area contributed by atoms with Gasteiger partial charge in [-0.05, 0) is 55.0 Å². The third kappa shape index (κ3) is 5.18. The molecule has 6 nitrogen and oxygen atoms in total. The summed E-state index contributed by atoms with van der Waals surface area (Å²) in [6.07, 6.45) is 0. The fourth-order valence-electron chi connectivity index (χ4n) is 5.05. The van der Waals surface area contributed by atoms with Crippen LogP contribution < -0.4 is 9.80 Å². The van der Waals surface area contributed by atoms with Gasteiger partial charge in [-0.1, -0.05) is 13.0 Å². The number of anilines is 2. The Morgan fingerprint density at radius 2 is 1.71 bits per heavy atom. The molecule has 1 aliphatic rings. The van der Waals surface area contributed by atoms with Gasteiger partial charge < -0.3 is 19.7 Å². The van der Waals surface area contributed by atoms with E-state index in [1.807, 2.05) is 48.9 Å². The molecule has 5 rings (SSSR count). The first-order chi connectivity index (χ1) is 18.2. The van der Waals surface area contributed by atoms with Gasteiger partial charge in [0.25, 0.3) is 5.91 Å². The zero-order valence-electron chi connectivity index (χ0n) is 21.6. The van der Waals surface area contributed by atoms with Crippen LogP contribution in [0.25, 0.3) is 11.0 Å². The summed E-state index contributed by atoms with van der Waals surface area (Å²) in [5, 5.41) is 0. The molecule has 0 radical (unpaired) electrons. The minimum atomic E-state index is -0.691. The number of carbonyl (C=O) groups excluding carboxylic acids is 1. The molecule has 1 aliphatic heterocycles. The Hall–Kier alpha value is -4.01. The van der Waals surface area contributed by atoms with Crippen molar-refractivity contribution in [2.24, 2.45) is 0 Å². The molecule has 9 heteroatoms. The Kier molecular flexibility index (Phi) is 7.01. The number of nitrogens with zero attached hydrogens (tertiary/aromatic N) is 4. The first-order valence-corrected chi connectivity index (χ1v) is 12.7.